The number of hydrogen-bond acceptors (Lipinski definition) is 4. The Morgan fingerprint density at radius 2 is 2.00 bits per heavy atom. The molecule has 0 aromatic heterocycles. The molecule has 5 heteroatoms. The Kier molecular flexibility index (Phi) is 5.49. The third kappa shape index (κ3) is 4.21. The highest BCUT2D eigenvalue weighted by atomic mass is 32.2. The number of hydrogen-bond donors (Lipinski definition) is 1. The smallest absolute Gasteiger partial charge is 0.232 e. The molecule has 4 nitrogen and oxygen atoms in total. The van der Waals surface area contributed by atoms with E-state index in [2.05, 4.69) is 5.32 Å². The van der Waals surface area contributed by atoms with Crippen molar-refractivity contribution in [2.75, 3.05) is 38.5 Å². The van der Waals surface area contributed by atoms with Gasteiger partial charge in [0.1, 0.15) is 5.75 Å². The number of thioether (sulfide) groups is 1. The summed E-state index contributed by atoms with van der Waals surface area (Å²) in [7, 11) is 0. The van der Waals surface area contributed by atoms with Crippen LogP contribution in [0.3, 0.4) is 0 Å². The van der Waals surface area contributed by atoms with E-state index in [4.69, 9.17) is 4.74 Å². The molecule has 0 aliphatic carbocycles. The Morgan fingerprint density at radius 3 is 2.61 bits per heavy atom. The van der Waals surface area contributed by atoms with Crippen LogP contribution in [0.2, 0.25) is 0 Å². The molecular weight excluding hydrogens is 308 g/mol. The lowest BCUT2D eigenvalue weighted by atomic mass is 9.78. The van der Waals surface area contributed by atoms with Gasteiger partial charge in [-0.25, -0.2) is 0 Å². The largest absolute Gasteiger partial charge is 0.494 e. The Bertz CT molecular complexity index is 516. The summed E-state index contributed by atoms with van der Waals surface area (Å²) in [5.74, 6) is 1.68. The number of likely N-dealkylation sites (tertiary alicyclic amines) is 1. The predicted octanol–water partition coefficient (Wildman–Crippen LogP) is 2.78. The van der Waals surface area contributed by atoms with E-state index in [0.29, 0.717) is 17.8 Å². The number of benzene rings is 1. The highest BCUT2D eigenvalue weighted by Crippen LogP contribution is 2.37. The molecule has 1 aromatic carbocycles. The average molecular weight is 334 g/mol. The highest BCUT2D eigenvalue weighted by Gasteiger charge is 2.37. The Morgan fingerprint density at radius 1 is 1.26 bits per heavy atom. The van der Waals surface area contributed by atoms with Crippen molar-refractivity contribution in [1.82, 2.24) is 10.2 Å². The van der Waals surface area contributed by atoms with Crippen LogP contribution in [-0.2, 0) is 4.79 Å². The molecular formula is C18H26N2O2S. The summed E-state index contributed by atoms with van der Waals surface area (Å²) in [6.45, 7) is 6.77. The second-order valence-corrected chi connectivity index (χ2v) is 7.55. The van der Waals surface area contributed by atoms with Gasteiger partial charge in [-0.05, 0) is 62.4 Å². The topological polar surface area (TPSA) is 41.6 Å². The number of carbonyl (C=O) groups excluding carboxylic acids is 1. The molecule has 0 radical (unpaired) electrons. The molecule has 2 saturated heterocycles. The van der Waals surface area contributed by atoms with Crippen LogP contribution in [0.25, 0.3) is 0 Å². The summed E-state index contributed by atoms with van der Waals surface area (Å²) >= 11 is 1.61. The third-order valence-electron chi connectivity index (χ3n) is 5.01. The fourth-order valence-electron chi connectivity index (χ4n) is 3.49. The summed E-state index contributed by atoms with van der Waals surface area (Å²) in [5, 5.41) is 3.47. The zero-order valence-electron chi connectivity index (χ0n) is 13.8. The first-order chi connectivity index (χ1) is 11.2. The van der Waals surface area contributed by atoms with E-state index in [1.54, 1.807) is 11.8 Å². The van der Waals surface area contributed by atoms with E-state index in [1.165, 1.54) is 6.42 Å². The molecule has 2 aliphatic heterocycles. The van der Waals surface area contributed by atoms with Crippen molar-refractivity contribution in [3.05, 3.63) is 24.3 Å². The van der Waals surface area contributed by atoms with Crippen molar-refractivity contribution >= 4 is 17.7 Å². The first-order valence-corrected chi connectivity index (χ1v) is 9.53. The maximum Gasteiger partial charge on any atom is 0.232 e. The van der Waals surface area contributed by atoms with Crippen LogP contribution in [0.4, 0.5) is 0 Å². The molecule has 3 rings (SSSR count). The van der Waals surface area contributed by atoms with Crippen LogP contribution in [0, 0.1) is 5.41 Å². The van der Waals surface area contributed by atoms with Crippen molar-refractivity contribution in [3.8, 4) is 5.75 Å². The van der Waals surface area contributed by atoms with Crippen molar-refractivity contribution in [3.63, 3.8) is 0 Å². The molecule has 23 heavy (non-hydrogen) atoms. The van der Waals surface area contributed by atoms with Crippen LogP contribution < -0.4 is 10.1 Å². The standard InChI is InChI=1S/C18H26N2O2S/c1-2-22-15-3-5-16(6-4-15)23-13-17(21)20-11-8-18(9-12-20)7-10-19-14-18/h3-6,19H,2,7-14H2,1H3. The maximum absolute atomic E-state index is 12.4. The van der Waals surface area contributed by atoms with Gasteiger partial charge < -0.3 is 15.0 Å². The normalized spacial score (nSPS) is 20.0. The molecule has 0 bridgehead atoms. The molecule has 1 spiro atoms. The predicted molar refractivity (Wildman–Crippen MR) is 94.1 cm³/mol. The lowest BCUT2D eigenvalue weighted by Crippen LogP contribution is -2.44. The van der Waals surface area contributed by atoms with Gasteiger partial charge >= 0.3 is 0 Å². The number of amides is 1. The van der Waals surface area contributed by atoms with Gasteiger partial charge in [-0.3, -0.25) is 4.79 Å². The van der Waals surface area contributed by atoms with Crippen molar-refractivity contribution in [1.29, 1.82) is 0 Å². The summed E-state index contributed by atoms with van der Waals surface area (Å²) < 4.78 is 5.44. The fraction of sp³-hybridized carbons (Fsp3) is 0.611. The molecule has 0 saturated carbocycles. The van der Waals surface area contributed by atoms with Gasteiger partial charge in [0.05, 0.1) is 12.4 Å². The first kappa shape index (κ1) is 16.7. The molecule has 1 amide bonds. The molecule has 2 aliphatic rings. The number of nitrogens with one attached hydrogen (secondary N) is 1. The van der Waals surface area contributed by atoms with E-state index in [-0.39, 0.29) is 5.91 Å². The average Bonchev–Trinajstić information content (AvgIpc) is 3.03. The van der Waals surface area contributed by atoms with Gasteiger partial charge in [0, 0.05) is 24.5 Å². The SMILES string of the molecule is CCOc1ccc(SCC(=O)N2CCC3(CCNC3)CC2)cc1. The van der Waals surface area contributed by atoms with E-state index in [0.717, 1.165) is 49.7 Å². The molecule has 1 aromatic rings. The minimum Gasteiger partial charge on any atom is -0.494 e. The van der Waals surface area contributed by atoms with E-state index in [9.17, 15) is 4.79 Å². The summed E-state index contributed by atoms with van der Waals surface area (Å²) in [6, 6.07) is 7.98. The summed E-state index contributed by atoms with van der Waals surface area (Å²) in [5.41, 5.74) is 0.471. The Hall–Kier alpha value is -1.20. The quantitative estimate of drug-likeness (QED) is 0.841. The van der Waals surface area contributed by atoms with Crippen molar-refractivity contribution < 1.29 is 9.53 Å². The van der Waals surface area contributed by atoms with Crippen molar-refractivity contribution in [2.24, 2.45) is 5.41 Å². The summed E-state index contributed by atoms with van der Waals surface area (Å²) in [6.07, 6.45) is 3.58. The van der Waals surface area contributed by atoms with Gasteiger partial charge in [-0.15, -0.1) is 11.8 Å². The van der Waals surface area contributed by atoms with Crippen LogP contribution in [-0.4, -0.2) is 49.3 Å². The monoisotopic (exact) mass is 334 g/mol. The Balaban J connectivity index is 1.44. The van der Waals surface area contributed by atoms with Gasteiger partial charge in [0.2, 0.25) is 5.91 Å². The maximum atomic E-state index is 12.4. The highest BCUT2D eigenvalue weighted by molar-refractivity contribution is 8.00. The Labute approximate surface area is 143 Å². The van der Waals surface area contributed by atoms with Gasteiger partial charge in [0.15, 0.2) is 0 Å². The number of piperidine rings is 1. The first-order valence-electron chi connectivity index (χ1n) is 8.55. The zero-order valence-corrected chi connectivity index (χ0v) is 14.7. The fourth-order valence-corrected chi connectivity index (χ4v) is 4.29. The van der Waals surface area contributed by atoms with E-state index < -0.39 is 0 Å². The summed E-state index contributed by atoms with van der Waals surface area (Å²) in [4.78, 5) is 15.6. The van der Waals surface area contributed by atoms with Crippen LogP contribution >= 0.6 is 11.8 Å². The van der Waals surface area contributed by atoms with Crippen LogP contribution in [0.1, 0.15) is 26.2 Å². The van der Waals surface area contributed by atoms with Gasteiger partial charge in [-0.1, -0.05) is 0 Å². The molecule has 2 heterocycles. The third-order valence-corrected chi connectivity index (χ3v) is 6.00. The second-order valence-electron chi connectivity index (χ2n) is 6.50. The number of nitrogens with zero attached hydrogens (tertiary/aromatic N) is 1. The lowest BCUT2D eigenvalue weighted by Gasteiger charge is -2.38. The minimum atomic E-state index is 0.268. The zero-order chi connectivity index (χ0) is 16.1. The van der Waals surface area contributed by atoms with E-state index in [1.807, 2.05) is 36.1 Å². The number of ether oxygens (including phenoxy) is 1. The molecule has 2 fully saturated rings. The lowest BCUT2D eigenvalue weighted by molar-refractivity contribution is -0.130. The van der Waals surface area contributed by atoms with Gasteiger partial charge in [0.25, 0.3) is 0 Å². The molecule has 0 atom stereocenters. The minimum absolute atomic E-state index is 0.268. The van der Waals surface area contributed by atoms with E-state index >= 15 is 0 Å². The number of carbonyl (C=O) groups is 1. The molecule has 0 unspecified atom stereocenters. The second kappa shape index (κ2) is 7.58. The van der Waals surface area contributed by atoms with Crippen LogP contribution in [0.5, 0.6) is 5.75 Å². The van der Waals surface area contributed by atoms with Crippen molar-refractivity contribution in [2.45, 2.75) is 31.1 Å². The van der Waals surface area contributed by atoms with Crippen LogP contribution in [0.15, 0.2) is 29.2 Å². The van der Waals surface area contributed by atoms with Gasteiger partial charge in [-0.2, -0.15) is 0 Å². The molecule has 126 valence electrons. The number of rotatable bonds is 5. The molecule has 1 N–H and O–H groups in total.